The molecule has 6 rings (SSSR count). The maximum Gasteiger partial charge on any atom is 0.261 e. The van der Waals surface area contributed by atoms with Crippen molar-refractivity contribution in [3.63, 3.8) is 0 Å². The van der Waals surface area contributed by atoms with Crippen molar-refractivity contribution < 1.29 is 4.79 Å². The van der Waals surface area contributed by atoms with Crippen LogP contribution in [0.1, 0.15) is 85.4 Å². The molecule has 0 bridgehead atoms. The van der Waals surface area contributed by atoms with Crippen LogP contribution in [0.2, 0.25) is 0 Å². The monoisotopic (exact) mass is 555 g/mol. The van der Waals surface area contributed by atoms with E-state index in [2.05, 4.69) is 71.5 Å². The minimum absolute atomic E-state index is 0.00362. The van der Waals surface area contributed by atoms with Gasteiger partial charge in [0, 0.05) is 29.4 Å². The lowest BCUT2D eigenvalue weighted by Gasteiger charge is -2.34. The van der Waals surface area contributed by atoms with Crippen LogP contribution in [0.25, 0.3) is 21.3 Å². The number of pyridine rings is 1. The van der Waals surface area contributed by atoms with Crippen molar-refractivity contribution in [2.45, 2.75) is 71.8 Å². The Kier molecular flexibility index (Phi) is 7.78. The van der Waals surface area contributed by atoms with Crippen LogP contribution in [-0.4, -0.2) is 45.6 Å². The number of benzene rings is 1. The Bertz CT molecular complexity index is 1440. The molecular weight excluding hydrogens is 514 g/mol. The minimum Gasteiger partial charge on any atom is -0.344 e. The van der Waals surface area contributed by atoms with E-state index in [4.69, 9.17) is 4.98 Å². The van der Waals surface area contributed by atoms with Gasteiger partial charge in [-0.25, -0.2) is 4.98 Å². The van der Waals surface area contributed by atoms with Crippen molar-refractivity contribution in [2.75, 3.05) is 19.6 Å². The fourth-order valence-corrected chi connectivity index (χ4v) is 7.27. The summed E-state index contributed by atoms with van der Waals surface area (Å²) >= 11 is 1.52. The first-order chi connectivity index (χ1) is 19.3. The molecule has 0 saturated carbocycles. The number of aromatic nitrogens is 3. The molecule has 3 aromatic heterocycles. The molecule has 1 aromatic carbocycles. The van der Waals surface area contributed by atoms with E-state index in [9.17, 15) is 4.79 Å². The van der Waals surface area contributed by atoms with Crippen LogP contribution in [0, 0.1) is 11.3 Å². The molecule has 1 aliphatic carbocycles. The molecule has 0 radical (unpaired) electrons. The molecule has 40 heavy (non-hydrogen) atoms. The molecule has 0 spiro atoms. The Morgan fingerprint density at radius 3 is 2.65 bits per heavy atom. The van der Waals surface area contributed by atoms with Crippen molar-refractivity contribution in [1.82, 2.24) is 25.4 Å². The molecule has 2 atom stereocenters. The number of nitrogens with zero attached hydrogens (tertiary/aromatic N) is 3. The average molecular weight is 556 g/mol. The molecule has 4 aromatic rings. The van der Waals surface area contributed by atoms with Crippen LogP contribution < -0.4 is 5.32 Å². The van der Waals surface area contributed by atoms with Gasteiger partial charge in [0.2, 0.25) is 0 Å². The van der Waals surface area contributed by atoms with Crippen LogP contribution in [0.5, 0.6) is 0 Å². The fourth-order valence-electron chi connectivity index (χ4n) is 6.34. The summed E-state index contributed by atoms with van der Waals surface area (Å²) in [5, 5.41) is 11.5. The number of amides is 1. The number of piperidine rings is 1. The number of carbonyl (C=O) groups is 1. The van der Waals surface area contributed by atoms with Gasteiger partial charge < -0.3 is 10.2 Å². The lowest BCUT2D eigenvalue weighted by molar-refractivity contribution is 0.0934. The van der Waals surface area contributed by atoms with Gasteiger partial charge in [0.05, 0.1) is 17.1 Å². The Balaban J connectivity index is 1.21. The number of fused-ring (bicyclic) bond motifs is 2. The number of likely N-dealkylation sites (tertiary alicyclic amines) is 1. The summed E-state index contributed by atoms with van der Waals surface area (Å²) in [7, 11) is 0. The van der Waals surface area contributed by atoms with Crippen LogP contribution in [-0.2, 0) is 12.8 Å². The Morgan fingerprint density at radius 2 is 1.93 bits per heavy atom. The molecule has 1 amide bonds. The standard InChI is InChI=1S/C33H41N5OS/c1-33(2,3)27-11-12-28-24(18-27)17-25-19-30(40-32(25)37-28)31(39)36-29(13-16-38-14-5-4-6-15-38)23-9-7-22(8-10-23)26-20-34-35-21-26/h7-10,17,19-21,27,29H,4-6,11-16,18H2,1-3H3,(H,34,35)(H,36,39)/t27-,29?/m0/s1. The zero-order valence-electron chi connectivity index (χ0n) is 24.0. The molecule has 2 aliphatic rings. The molecule has 1 aliphatic heterocycles. The Hall–Kier alpha value is -3.03. The van der Waals surface area contributed by atoms with Gasteiger partial charge >= 0.3 is 0 Å². The van der Waals surface area contributed by atoms with E-state index in [1.807, 2.05) is 18.5 Å². The SMILES string of the molecule is CC(C)(C)[C@H]1CCc2nc3sc(C(=O)NC(CCN4CCCCC4)c4ccc(-c5cn[nH]c5)cc4)cc3cc2C1. The molecule has 2 N–H and O–H groups in total. The zero-order valence-corrected chi connectivity index (χ0v) is 24.8. The van der Waals surface area contributed by atoms with Crippen LogP contribution in [0.4, 0.5) is 0 Å². The second kappa shape index (κ2) is 11.5. The maximum absolute atomic E-state index is 13.7. The molecule has 210 valence electrons. The van der Waals surface area contributed by atoms with E-state index in [0.717, 1.165) is 70.7 Å². The van der Waals surface area contributed by atoms with Gasteiger partial charge in [-0.2, -0.15) is 5.10 Å². The van der Waals surface area contributed by atoms with Gasteiger partial charge in [0.1, 0.15) is 4.83 Å². The van der Waals surface area contributed by atoms with Crippen LogP contribution in [0.3, 0.4) is 0 Å². The van der Waals surface area contributed by atoms with Gasteiger partial charge in [-0.3, -0.25) is 9.89 Å². The Labute approximate surface area is 241 Å². The number of aromatic amines is 1. The number of H-pyrrole nitrogens is 1. The second-order valence-electron chi connectivity index (χ2n) is 12.7. The zero-order chi connectivity index (χ0) is 27.7. The minimum atomic E-state index is -0.0493. The topological polar surface area (TPSA) is 73.9 Å². The Morgan fingerprint density at radius 1 is 1.12 bits per heavy atom. The number of hydrogen-bond donors (Lipinski definition) is 2. The summed E-state index contributed by atoms with van der Waals surface area (Å²) in [5.74, 6) is 0.664. The molecule has 1 fully saturated rings. The number of thiophene rings is 1. The lowest BCUT2D eigenvalue weighted by atomic mass is 9.71. The van der Waals surface area contributed by atoms with E-state index in [0.29, 0.717) is 11.3 Å². The van der Waals surface area contributed by atoms with Gasteiger partial charge in [0.25, 0.3) is 5.91 Å². The normalized spacial score (nSPS) is 18.9. The van der Waals surface area contributed by atoms with Crippen molar-refractivity contribution in [3.05, 3.63) is 70.5 Å². The van der Waals surface area contributed by atoms with E-state index in [1.54, 1.807) is 0 Å². The van der Waals surface area contributed by atoms with E-state index in [1.165, 1.54) is 48.3 Å². The fraction of sp³-hybridized carbons (Fsp3) is 0.485. The first-order valence-corrected chi connectivity index (χ1v) is 15.7. The van der Waals surface area contributed by atoms with E-state index >= 15 is 0 Å². The predicted octanol–water partition coefficient (Wildman–Crippen LogP) is 7.18. The number of aryl methyl sites for hydroxylation is 1. The summed E-state index contributed by atoms with van der Waals surface area (Å²) in [5.41, 5.74) is 6.20. The number of rotatable bonds is 7. The van der Waals surface area contributed by atoms with Gasteiger partial charge in [-0.1, -0.05) is 51.5 Å². The lowest BCUT2D eigenvalue weighted by Crippen LogP contribution is -2.35. The third-order valence-corrected chi connectivity index (χ3v) is 10.00. The molecule has 1 unspecified atom stereocenters. The second-order valence-corrected chi connectivity index (χ2v) is 13.8. The highest BCUT2D eigenvalue weighted by Crippen LogP contribution is 2.38. The van der Waals surface area contributed by atoms with Crippen molar-refractivity contribution >= 4 is 27.5 Å². The maximum atomic E-state index is 13.7. The van der Waals surface area contributed by atoms with Gasteiger partial charge in [-0.15, -0.1) is 11.3 Å². The first-order valence-electron chi connectivity index (χ1n) is 14.9. The number of nitrogens with one attached hydrogen (secondary N) is 2. The van der Waals surface area contributed by atoms with E-state index < -0.39 is 0 Å². The third-order valence-electron chi connectivity index (χ3n) is 8.95. The quantitative estimate of drug-likeness (QED) is 0.253. The molecular formula is C33H41N5OS. The predicted molar refractivity (Wildman–Crippen MR) is 164 cm³/mol. The third kappa shape index (κ3) is 6.01. The summed E-state index contributed by atoms with van der Waals surface area (Å²) < 4.78 is 0. The smallest absolute Gasteiger partial charge is 0.261 e. The summed E-state index contributed by atoms with van der Waals surface area (Å²) in [6, 6.07) is 12.8. The van der Waals surface area contributed by atoms with Gasteiger partial charge in [0.15, 0.2) is 0 Å². The number of hydrogen-bond acceptors (Lipinski definition) is 5. The van der Waals surface area contributed by atoms with Crippen molar-refractivity contribution in [2.24, 2.45) is 11.3 Å². The van der Waals surface area contributed by atoms with Crippen molar-refractivity contribution in [3.8, 4) is 11.1 Å². The molecule has 7 heteroatoms. The number of carbonyl (C=O) groups excluding carboxylic acids is 1. The molecule has 6 nitrogen and oxygen atoms in total. The summed E-state index contributed by atoms with van der Waals surface area (Å²) in [6.45, 7) is 10.3. The average Bonchev–Trinajstić information content (AvgIpc) is 3.64. The van der Waals surface area contributed by atoms with Gasteiger partial charge in [-0.05, 0) is 91.8 Å². The van der Waals surface area contributed by atoms with Crippen molar-refractivity contribution in [1.29, 1.82) is 0 Å². The van der Waals surface area contributed by atoms with E-state index in [-0.39, 0.29) is 11.9 Å². The highest BCUT2D eigenvalue weighted by molar-refractivity contribution is 7.20. The van der Waals surface area contributed by atoms with Crippen LogP contribution >= 0.6 is 11.3 Å². The summed E-state index contributed by atoms with van der Waals surface area (Å²) in [6.07, 6.45) is 11.8. The first kappa shape index (κ1) is 27.2. The highest BCUT2D eigenvalue weighted by Gasteiger charge is 2.30. The highest BCUT2D eigenvalue weighted by atomic mass is 32.1. The molecule has 1 saturated heterocycles. The van der Waals surface area contributed by atoms with Crippen LogP contribution in [0.15, 0.2) is 48.8 Å². The molecule has 4 heterocycles. The largest absolute Gasteiger partial charge is 0.344 e. The summed E-state index contributed by atoms with van der Waals surface area (Å²) in [4.78, 5) is 22.9.